The van der Waals surface area contributed by atoms with Crippen molar-refractivity contribution < 1.29 is 223 Å². The van der Waals surface area contributed by atoms with Gasteiger partial charge in [-0.3, -0.25) is 0 Å². The topological polar surface area (TPSA) is 712 Å². The van der Waals surface area contributed by atoms with Crippen molar-refractivity contribution in [1.82, 2.24) is 0 Å². The minimum absolute atomic E-state index is 0.802. The molecule has 0 aliphatic carbocycles. The van der Waals surface area contributed by atoms with Crippen LogP contribution >= 0.6 is 0 Å². The molecule has 23 aliphatic rings. The quantitative estimate of drug-likeness (QED) is 0.0814. The van der Waals surface area contributed by atoms with Crippen LogP contribution in [0.5, 0.6) is 0 Å². The lowest BCUT2D eigenvalue weighted by Crippen LogP contribution is -2.68. The molecule has 27 N–H and O–H groups in total. The molecule has 0 amide bonds. The molecule has 23 fully saturated rings. The van der Waals surface area contributed by atoms with Crippen LogP contribution in [0.25, 0.3) is 0 Å². The minimum atomic E-state index is -2.43. The van der Waals surface area contributed by atoms with Gasteiger partial charge in [-0.2, -0.15) is 0 Å². The van der Waals surface area contributed by atoms with E-state index in [2.05, 4.69) is 0 Å². The average Bonchev–Trinajstić information content (AvgIpc) is 0.781. The molecule has 23 heterocycles. The van der Waals surface area contributed by atoms with Gasteiger partial charge in [0.05, 0.1) is 59.5 Å². The monoisotopic (exact) mass is 1460 g/mol. The van der Waals surface area contributed by atoms with E-state index in [4.69, 9.17) is 85.3 Å². The first-order valence-corrected chi connectivity index (χ1v) is 31.6. The number of hydrogen-bond acceptors (Lipinski definition) is 45. The molecule has 0 saturated carbocycles. The number of aliphatic hydroxyl groups is 27. The number of rotatable bonds is 13. The van der Waals surface area contributed by atoms with Gasteiger partial charge in [0.2, 0.25) is 0 Å². The van der Waals surface area contributed by atoms with Gasteiger partial charge in [-0.15, -0.1) is 0 Å². The summed E-state index contributed by atoms with van der Waals surface area (Å²) < 4.78 is 103. The molecular formula is C54H90O45. The molecule has 99 heavy (non-hydrogen) atoms. The molecule has 45 atom stereocenters. The van der Waals surface area contributed by atoms with Crippen molar-refractivity contribution in [2.24, 2.45) is 0 Å². The van der Waals surface area contributed by atoms with Crippen LogP contribution in [0.1, 0.15) is 0 Å². The normalized spacial score (nSPS) is 55.1. The van der Waals surface area contributed by atoms with Crippen LogP contribution < -0.4 is 0 Å². The van der Waals surface area contributed by atoms with E-state index in [1.54, 1.807) is 0 Å². The predicted molar refractivity (Wildman–Crippen MR) is 294 cm³/mol. The first-order valence-electron chi connectivity index (χ1n) is 31.6. The summed E-state index contributed by atoms with van der Waals surface area (Å²) in [4.78, 5) is 0. The van der Waals surface area contributed by atoms with Crippen LogP contribution in [0, 0.1) is 0 Å². The van der Waals surface area contributed by atoms with Crippen LogP contribution in [0.15, 0.2) is 0 Å². The van der Waals surface area contributed by atoms with Gasteiger partial charge in [0.15, 0.2) is 56.6 Å². The second-order valence-electron chi connectivity index (χ2n) is 25.4. The molecule has 0 aromatic carbocycles. The van der Waals surface area contributed by atoms with Crippen LogP contribution in [-0.2, 0) is 85.3 Å². The third-order valence-corrected chi connectivity index (χ3v) is 18.9. The Kier molecular flexibility index (Phi) is 27.4. The maximum absolute atomic E-state index is 12.0. The molecule has 0 aromatic rings. The zero-order chi connectivity index (χ0) is 72.1. The highest BCUT2D eigenvalue weighted by molar-refractivity contribution is 5.03. The molecule has 14 bridgehead atoms. The summed E-state index contributed by atoms with van der Waals surface area (Å²) in [6.45, 7) is -9.09. The lowest BCUT2D eigenvalue weighted by atomic mass is 9.95. The second kappa shape index (κ2) is 34.0. The van der Waals surface area contributed by atoms with E-state index >= 15 is 0 Å². The zero-order valence-electron chi connectivity index (χ0n) is 51.8. The van der Waals surface area contributed by atoms with Gasteiger partial charge in [0, 0.05) is 0 Å². The molecule has 0 radical (unpaired) electrons. The van der Waals surface area contributed by atoms with E-state index < -0.39 is 336 Å². The van der Waals surface area contributed by atoms with Crippen molar-refractivity contribution in [3.8, 4) is 0 Å². The fraction of sp³-hybridized carbons (Fsp3) is 1.00. The summed E-state index contributed by atoms with van der Waals surface area (Å²) in [7, 11) is 0. The Morgan fingerprint density at radius 1 is 0.162 bits per heavy atom. The Bertz CT molecular complexity index is 2420. The molecule has 23 saturated heterocycles. The van der Waals surface area contributed by atoms with Gasteiger partial charge < -0.3 is 223 Å². The van der Waals surface area contributed by atoms with E-state index in [0.29, 0.717) is 0 Å². The average molecular weight is 1460 g/mol. The molecule has 0 unspecified atom stereocenters. The highest BCUT2D eigenvalue weighted by Crippen LogP contribution is 2.40. The third-order valence-electron chi connectivity index (χ3n) is 18.9. The van der Waals surface area contributed by atoms with Gasteiger partial charge in [0.1, 0.15) is 220 Å². The Hall–Kier alpha value is -1.80. The summed E-state index contributed by atoms with van der Waals surface area (Å²) >= 11 is 0. The van der Waals surface area contributed by atoms with Gasteiger partial charge >= 0.3 is 0 Å². The maximum Gasteiger partial charge on any atom is 0.187 e. The van der Waals surface area contributed by atoms with E-state index in [0.717, 1.165) is 0 Å². The van der Waals surface area contributed by atoms with Gasteiger partial charge in [-0.05, 0) is 0 Å². The first kappa shape index (κ1) is 79.8. The Morgan fingerprint density at radius 2 is 0.333 bits per heavy atom. The smallest absolute Gasteiger partial charge is 0.187 e. The summed E-state index contributed by atoms with van der Waals surface area (Å²) in [5.74, 6) is 0. The molecule has 0 aromatic heterocycles. The van der Waals surface area contributed by atoms with Crippen LogP contribution in [0.3, 0.4) is 0 Å². The van der Waals surface area contributed by atoms with Crippen LogP contribution in [0.4, 0.5) is 0 Å². The minimum Gasteiger partial charge on any atom is -0.394 e. The van der Waals surface area contributed by atoms with Gasteiger partial charge in [-0.25, -0.2) is 0 Å². The zero-order valence-corrected chi connectivity index (χ0v) is 51.8. The lowest BCUT2D eigenvalue weighted by molar-refractivity contribution is -0.397. The SMILES string of the molecule is OC[C@H]1O[C@@H]2O[C@H]3[C@H](O)[C@@H](O)[C@@H](O[C@H]4[C@H](O)[C@@H](O)[C@@H](O[C@H]5[C@H](O)[C@@H](O)[C@@H](O[C@H]6[C@H](O)[C@@H](O)[C@@H](O[C@H]7[C@H](O)[C@@H](O)[C@@H](O[C@H]8[C@H](O)[C@@H](O)[C@@H](O[C@H]1[C@H](O)[C@H]2O)O[C@@H]8CO)O[C@@H]7CO)O[C@@H]6COC[C@H]1O[C@H](O)[C@@H](O)[C@H](O)[C@H]1O)O[C@@H]5COC[C@H]1O[C@H](O)[C@@H](O)[C@H](O)[C@H]1O)O[C@@H]4CO)O[C@@H]3CO. The standard InChI is InChI=1S/C54H90O45/c55-1-10-39-23(64)32(73)48(86-10)94-40-11(2-56)88-50(34(75)25(40)66)96-42-13(4-58)90-52(36(77)27(42)68)98-44-17(8-82-6-15-19(60)21(62)30(71)46(80)84-15)92-54(38(79)29(44)70)99-45-18(9-83-7-16-20(61)22(63)31(72)47(81)85-16)91-53(37(78)28(45)69)97-43-14(5-59)89-51(35(76)26(43)67)95-41-12(3-57)87-49(93-39)33(74)24(41)65/h10-81H,1-9H2/t10-,11-,12-,13-,14-,15-,16-,17-,18-,19+,20+,21-,22-,23-,24-,25-,26-,27-,28-,29-,30+,31+,32-,33-,34-,35-,36-,37-,38-,39-,40-,41-,42-,43-,44-,45-,46+,47+,48-,49-,50-,51-,52-,53-,54-/m1/s1. The Morgan fingerprint density at radius 3 is 0.525 bits per heavy atom. The molecular weight excluding hydrogens is 1370 g/mol. The Balaban J connectivity index is 0.969. The second-order valence-corrected chi connectivity index (χ2v) is 25.4. The van der Waals surface area contributed by atoms with Crippen LogP contribution in [0.2, 0.25) is 0 Å². The highest BCUT2D eigenvalue weighted by atomic mass is 16.8. The van der Waals surface area contributed by atoms with Crippen molar-refractivity contribution in [1.29, 1.82) is 0 Å². The fourth-order valence-electron chi connectivity index (χ4n) is 13.1. The molecule has 45 nitrogen and oxygen atoms in total. The summed E-state index contributed by atoms with van der Waals surface area (Å²) in [5, 5.41) is 298. The lowest BCUT2D eigenvalue weighted by Gasteiger charge is -2.50. The molecule has 45 heteroatoms. The summed E-state index contributed by atoms with van der Waals surface area (Å²) in [5.41, 5.74) is 0. The summed E-state index contributed by atoms with van der Waals surface area (Å²) in [6, 6.07) is 0. The highest BCUT2D eigenvalue weighted by Gasteiger charge is 2.60. The van der Waals surface area contributed by atoms with Gasteiger partial charge in [-0.1, -0.05) is 0 Å². The predicted octanol–water partition coefficient (Wildman–Crippen LogP) is -19.6. The van der Waals surface area contributed by atoms with Crippen molar-refractivity contribution in [2.75, 3.05) is 59.5 Å². The van der Waals surface area contributed by atoms with Crippen molar-refractivity contribution in [3.05, 3.63) is 0 Å². The molecule has 576 valence electrons. The van der Waals surface area contributed by atoms with E-state index in [9.17, 15) is 138 Å². The molecule has 23 rings (SSSR count). The molecule has 23 aliphatic heterocycles. The van der Waals surface area contributed by atoms with Crippen molar-refractivity contribution in [3.63, 3.8) is 0 Å². The van der Waals surface area contributed by atoms with Crippen molar-refractivity contribution in [2.45, 2.75) is 276 Å². The fourth-order valence-corrected chi connectivity index (χ4v) is 13.1. The largest absolute Gasteiger partial charge is 0.394 e. The van der Waals surface area contributed by atoms with E-state index in [-0.39, 0.29) is 0 Å². The third kappa shape index (κ3) is 16.4. The van der Waals surface area contributed by atoms with Crippen LogP contribution in [-0.4, -0.2) is 474 Å². The number of ether oxygens (including phenoxy) is 18. The molecule has 0 spiro atoms. The van der Waals surface area contributed by atoms with E-state index in [1.165, 1.54) is 0 Å². The van der Waals surface area contributed by atoms with Crippen molar-refractivity contribution >= 4 is 0 Å². The van der Waals surface area contributed by atoms with E-state index in [1.807, 2.05) is 0 Å². The maximum atomic E-state index is 12.0. The first-order chi connectivity index (χ1) is 47.0. The Labute approximate surface area is 558 Å². The number of aliphatic hydroxyl groups excluding tert-OH is 27. The number of hydrogen-bond donors (Lipinski definition) is 27. The van der Waals surface area contributed by atoms with Gasteiger partial charge in [0.25, 0.3) is 0 Å². The summed E-state index contributed by atoms with van der Waals surface area (Å²) in [6.07, 6.45) is -94.3.